The van der Waals surface area contributed by atoms with Crippen LogP contribution in [-0.4, -0.2) is 58.2 Å². The zero-order valence-corrected chi connectivity index (χ0v) is 13.9. The van der Waals surface area contributed by atoms with Crippen molar-refractivity contribution in [3.05, 3.63) is 31.0 Å². The van der Waals surface area contributed by atoms with Crippen molar-refractivity contribution in [2.45, 2.75) is 25.4 Å². The van der Waals surface area contributed by atoms with E-state index >= 15 is 0 Å². The van der Waals surface area contributed by atoms with E-state index in [0.717, 1.165) is 25.9 Å². The predicted octanol–water partition coefficient (Wildman–Crippen LogP) is 1.37. The van der Waals surface area contributed by atoms with Crippen LogP contribution in [0.4, 0.5) is 10.5 Å². The zero-order chi connectivity index (χ0) is 17.3. The summed E-state index contributed by atoms with van der Waals surface area (Å²) < 4.78 is 12.6. The fraction of sp³-hybridized carbons (Fsp3) is 0.500. The van der Waals surface area contributed by atoms with Gasteiger partial charge in [0.2, 0.25) is 0 Å². The Kier molecular flexibility index (Phi) is 6.29. The van der Waals surface area contributed by atoms with Crippen molar-refractivity contribution in [2.75, 3.05) is 31.7 Å². The van der Waals surface area contributed by atoms with Crippen LogP contribution < -0.4 is 10.6 Å². The van der Waals surface area contributed by atoms with Gasteiger partial charge in [0, 0.05) is 19.8 Å². The molecule has 3 rings (SSSR count). The van der Waals surface area contributed by atoms with Crippen LogP contribution in [0.5, 0.6) is 0 Å². The van der Waals surface area contributed by atoms with E-state index in [-0.39, 0.29) is 12.1 Å². The first-order chi connectivity index (χ1) is 12.3. The molecule has 0 spiro atoms. The summed E-state index contributed by atoms with van der Waals surface area (Å²) >= 11 is 0. The topological polar surface area (TPSA) is 103 Å². The third kappa shape index (κ3) is 5.50. The lowest BCUT2D eigenvalue weighted by Gasteiger charge is -2.10. The van der Waals surface area contributed by atoms with Crippen molar-refractivity contribution < 1.29 is 14.3 Å². The second-order valence-corrected chi connectivity index (χ2v) is 5.69. The Bertz CT molecular complexity index is 640. The van der Waals surface area contributed by atoms with Crippen LogP contribution in [0.1, 0.15) is 19.3 Å². The number of amides is 2. The number of rotatable bonds is 8. The number of pyridine rings is 1. The van der Waals surface area contributed by atoms with Crippen molar-refractivity contribution >= 4 is 11.7 Å². The van der Waals surface area contributed by atoms with Gasteiger partial charge < -0.3 is 20.1 Å². The first kappa shape index (κ1) is 17.3. The average molecular weight is 346 g/mol. The third-order valence-electron chi connectivity index (χ3n) is 3.74. The lowest BCUT2D eigenvalue weighted by atomic mass is 10.2. The van der Waals surface area contributed by atoms with E-state index in [0.29, 0.717) is 31.3 Å². The molecule has 9 heteroatoms. The van der Waals surface area contributed by atoms with Gasteiger partial charge in [-0.3, -0.25) is 0 Å². The molecule has 2 N–H and O–H groups in total. The number of hydrogen-bond acceptors (Lipinski definition) is 6. The van der Waals surface area contributed by atoms with Gasteiger partial charge in [-0.1, -0.05) is 0 Å². The molecule has 1 fully saturated rings. The Morgan fingerprint density at radius 2 is 2.40 bits per heavy atom. The van der Waals surface area contributed by atoms with E-state index in [1.54, 1.807) is 29.3 Å². The van der Waals surface area contributed by atoms with Gasteiger partial charge in [-0.25, -0.2) is 19.4 Å². The normalized spacial score (nSPS) is 16.7. The number of carbonyl (C=O) groups is 1. The highest BCUT2D eigenvalue weighted by atomic mass is 16.5. The molecule has 0 saturated carbocycles. The lowest BCUT2D eigenvalue weighted by molar-refractivity contribution is 0.0168. The number of anilines is 1. The molecule has 1 saturated heterocycles. The van der Waals surface area contributed by atoms with E-state index in [4.69, 9.17) is 9.47 Å². The van der Waals surface area contributed by atoms with Crippen LogP contribution in [0.15, 0.2) is 31.0 Å². The Hall–Kier alpha value is -2.52. The van der Waals surface area contributed by atoms with Gasteiger partial charge in [-0.2, -0.15) is 5.10 Å². The van der Waals surface area contributed by atoms with Gasteiger partial charge >= 0.3 is 6.03 Å². The van der Waals surface area contributed by atoms with Crippen LogP contribution in [0, 0.1) is 0 Å². The van der Waals surface area contributed by atoms with E-state index in [2.05, 4.69) is 25.7 Å². The number of nitrogens with zero attached hydrogens (tertiary/aromatic N) is 4. The van der Waals surface area contributed by atoms with Crippen LogP contribution in [-0.2, 0) is 9.47 Å². The molecule has 1 aliphatic rings. The van der Waals surface area contributed by atoms with Crippen molar-refractivity contribution in [3.8, 4) is 5.82 Å². The number of aromatic nitrogens is 4. The summed E-state index contributed by atoms with van der Waals surface area (Å²) in [5, 5.41) is 9.51. The van der Waals surface area contributed by atoms with Gasteiger partial charge in [0.05, 0.1) is 24.6 Å². The largest absolute Gasteiger partial charge is 0.379 e. The summed E-state index contributed by atoms with van der Waals surface area (Å²) in [7, 11) is 0. The van der Waals surface area contributed by atoms with Crippen LogP contribution >= 0.6 is 0 Å². The lowest BCUT2D eigenvalue weighted by Crippen LogP contribution is -2.30. The summed E-state index contributed by atoms with van der Waals surface area (Å²) in [6.07, 6.45) is 7.75. The molecule has 134 valence electrons. The fourth-order valence-corrected chi connectivity index (χ4v) is 2.46. The molecule has 0 unspecified atom stereocenters. The highest BCUT2D eigenvalue weighted by molar-refractivity contribution is 5.88. The molecule has 1 atom stereocenters. The highest BCUT2D eigenvalue weighted by Gasteiger charge is 2.14. The van der Waals surface area contributed by atoms with E-state index < -0.39 is 0 Å². The van der Waals surface area contributed by atoms with Gasteiger partial charge in [-0.05, 0) is 31.4 Å². The molecule has 9 nitrogen and oxygen atoms in total. The molecule has 0 radical (unpaired) electrons. The Morgan fingerprint density at radius 1 is 1.44 bits per heavy atom. The number of urea groups is 1. The average Bonchev–Trinajstić information content (AvgIpc) is 3.32. The fourth-order valence-electron chi connectivity index (χ4n) is 2.46. The molecule has 0 aliphatic carbocycles. The van der Waals surface area contributed by atoms with E-state index in [1.165, 1.54) is 6.33 Å². The minimum Gasteiger partial charge on any atom is -0.379 e. The molecule has 2 aromatic rings. The summed E-state index contributed by atoms with van der Waals surface area (Å²) in [5.41, 5.74) is 0.607. The molecular formula is C16H22N6O3. The van der Waals surface area contributed by atoms with Gasteiger partial charge in [0.15, 0.2) is 5.82 Å². The van der Waals surface area contributed by atoms with Gasteiger partial charge in [0.25, 0.3) is 0 Å². The summed E-state index contributed by atoms with van der Waals surface area (Å²) in [4.78, 5) is 19.9. The summed E-state index contributed by atoms with van der Waals surface area (Å²) in [6, 6.07) is 3.24. The van der Waals surface area contributed by atoms with Crippen molar-refractivity contribution in [2.24, 2.45) is 0 Å². The maximum Gasteiger partial charge on any atom is 0.319 e. The second-order valence-electron chi connectivity index (χ2n) is 5.69. The molecule has 0 aromatic carbocycles. The molecule has 0 bridgehead atoms. The molecule has 25 heavy (non-hydrogen) atoms. The Labute approximate surface area is 145 Å². The Balaban J connectivity index is 1.29. The monoisotopic (exact) mass is 346 g/mol. The van der Waals surface area contributed by atoms with Crippen molar-refractivity contribution in [1.29, 1.82) is 0 Å². The maximum absolute atomic E-state index is 11.8. The highest BCUT2D eigenvalue weighted by Crippen LogP contribution is 2.12. The van der Waals surface area contributed by atoms with Gasteiger partial charge in [0.1, 0.15) is 12.7 Å². The SMILES string of the molecule is O=C(NCCCOC[C@@H]1CCCO1)Nc1ccc(-n2cncn2)nc1. The standard InChI is InChI=1S/C16H22N6O3/c23-16(18-6-2-7-24-10-14-3-1-8-25-14)21-13-4-5-15(19-9-13)22-12-17-11-20-22/h4-5,9,11-12,14H,1-3,6-8,10H2,(H2,18,21,23)/t14-/m0/s1. The van der Waals surface area contributed by atoms with Crippen molar-refractivity contribution in [1.82, 2.24) is 25.1 Å². The Morgan fingerprint density at radius 3 is 3.12 bits per heavy atom. The maximum atomic E-state index is 11.8. The minimum atomic E-state index is -0.269. The first-order valence-electron chi connectivity index (χ1n) is 8.36. The predicted molar refractivity (Wildman–Crippen MR) is 90.6 cm³/mol. The molecule has 2 amide bonds. The quantitative estimate of drug-likeness (QED) is 0.700. The smallest absolute Gasteiger partial charge is 0.319 e. The van der Waals surface area contributed by atoms with Crippen LogP contribution in [0.25, 0.3) is 5.82 Å². The van der Waals surface area contributed by atoms with Crippen LogP contribution in [0.3, 0.4) is 0 Å². The summed E-state index contributed by atoms with van der Waals surface area (Å²) in [6.45, 7) is 2.62. The molecular weight excluding hydrogens is 324 g/mol. The number of nitrogens with one attached hydrogen (secondary N) is 2. The zero-order valence-electron chi connectivity index (χ0n) is 13.9. The summed E-state index contributed by atoms with van der Waals surface area (Å²) in [5.74, 6) is 0.631. The second kappa shape index (κ2) is 9.09. The number of carbonyl (C=O) groups excluding carboxylic acids is 1. The minimum absolute atomic E-state index is 0.240. The van der Waals surface area contributed by atoms with E-state index in [1.807, 2.05) is 0 Å². The molecule has 2 aromatic heterocycles. The molecule has 1 aliphatic heterocycles. The van der Waals surface area contributed by atoms with Gasteiger partial charge in [-0.15, -0.1) is 0 Å². The van der Waals surface area contributed by atoms with Crippen molar-refractivity contribution in [3.63, 3.8) is 0 Å². The number of hydrogen-bond donors (Lipinski definition) is 2. The third-order valence-corrected chi connectivity index (χ3v) is 3.74. The number of ether oxygens (including phenoxy) is 2. The first-order valence-corrected chi connectivity index (χ1v) is 8.36. The molecule has 3 heterocycles. The van der Waals surface area contributed by atoms with E-state index in [9.17, 15) is 4.79 Å². The van der Waals surface area contributed by atoms with Crippen LogP contribution in [0.2, 0.25) is 0 Å².